The number of benzene rings is 2. The van der Waals surface area contributed by atoms with Gasteiger partial charge in [0, 0.05) is 38.1 Å². The molecule has 1 aliphatic rings. The largest absolute Gasteiger partial charge is 0.355 e. The molecule has 0 N–H and O–H groups in total. The molecule has 1 fully saturated rings. The first kappa shape index (κ1) is 17.8. The number of aromatic nitrogens is 1. The molecule has 1 saturated heterocycles. The topological polar surface area (TPSA) is 11.4 Å². The van der Waals surface area contributed by atoms with Gasteiger partial charge in [-0.1, -0.05) is 29.8 Å². The average Bonchev–Trinajstić information content (AvgIpc) is 3.08. The van der Waals surface area contributed by atoms with Crippen LogP contribution in [0.3, 0.4) is 0 Å². The molecule has 1 aromatic heterocycles. The smallest absolute Gasteiger partial charge is 0.123 e. The van der Waals surface area contributed by atoms with Gasteiger partial charge in [0.1, 0.15) is 11.6 Å². The Morgan fingerprint density at radius 1 is 0.852 bits per heavy atom. The van der Waals surface area contributed by atoms with Crippen LogP contribution < -0.4 is 4.90 Å². The van der Waals surface area contributed by atoms with Crippen molar-refractivity contribution in [3.63, 3.8) is 0 Å². The monoisotopic (exact) mass is 363 g/mol. The van der Waals surface area contributed by atoms with Gasteiger partial charge in [0.15, 0.2) is 0 Å². The van der Waals surface area contributed by atoms with Gasteiger partial charge >= 0.3 is 0 Å². The predicted octanol–water partition coefficient (Wildman–Crippen LogP) is 4.27. The number of nitrogens with zero attached hydrogens (tertiary/aromatic N) is 3. The Bertz CT molecular complexity index is 888. The van der Waals surface area contributed by atoms with E-state index in [1.165, 1.54) is 34.6 Å². The minimum Gasteiger partial charge on any atom is -0.355 e. The zero-order valence-electron chi connectivity index (χ0n) is 16.0. The van der Waals surface area contributed by atoms with Gasteiger partial charge in [-0.05, 0) is 61.9 Å². The fraction of sp³-hybridized carbons (Fsp3) is 0.304. The van der Waals surface area contributed by atoms with Gasteiger partial charge in [-0.2, -0.15) is 0 Å². The number of piperazine rings is 1. The quantitative estimate of drug-likeness (QED) is 0.686. The van der Waals surface area contributed by atoms with E-state index in [1.807, 2.05) is 12.1 Å². The van der Waals surface area contributed by atoms with Crippen molar-refractivity contribution < 1.29 is 4.39 Å². The summed E-state index contributed by atoms with van der Waals surface area (Å²) in [6.07, 6.45) is 3.09. The minimum atomic E-state index is -0.202. The van der Waals surface area contributed by atoms with Crippen LogP contribution in [0.25, 0.3) is 5.69 Å². The normalized spacial score (nSPS) is 15.3. The lowest BCUT2D eigenvalue weighted by atomic mass is 10.1. The molecule has 0 bridgehead atoms. The van der Waals surface area contributed by atoms with E-state index in [0.29, 0.717) is 0 Å². The number of halogens is 1. The molecule has 1 aliphatic heterocycles. The van der Waals surface area contributed by atoms with Crippen LogP contribution in [-0.4, -0.2) is 42.7 Å². The van der Waals surface area contributed by atoms with Crippen molar-refractivity contribution in [3.05, 3.63) is 83.3 Å². The SMILES string of the molecule is Cc1ccc(Cc2cc(N3CCN(C)CC3)n(-c3ccc(F)cc3)c2)cc1. The van der Waals surface area contributed by atoms with Gasteiger partial charge in [0.2, 0.25) is 0 Å². The van der Waals surface area contributed by atoms with E-state index >= 15 is 0 Å². The second kappa shape index (κ2) is 7.57. The van der Waals surface area contributed by atoms with E-state index in [2.05, 4.69) is 64.9 Å². The summed E-state index contributed by atoms with van der Waals surface area (Å²) in [6.45, 7) is 6.24. The van der Waals surface area contributed by atoms with Gasteiger partial charge in [-0.25, -0.2) is 4.39 Å². The van der Waals surface area contributed by atoms with Crippen molar-refractivity contribution in [3.8, 4) is 5.69 Å². The Balaban J connectivity index is 1.67. The molecule has 0 spiro atoms. The third kappa shape index (κ3) is 4.06. The molecule has 140 valence electrons. The summed E-state index contributed by atoms with van der Waals surface area (Å²) < 4.78 is 15.6. The van der Waals surface area contributed by atoms with Crippen LogP contribution in [0.15, 0.2) is 60.8 Å². The number of hydrogen-bond acceptors (Lipinski definition) is 2. The summed E-state index contributed by atoms with van der Waals surface area (Å²) in [5, 5.41) is 0. The minimum absolute atomic E-state index is 0.202. The third-order valence-corrected chi connectivity index (χ3v) is 5.32. The highest BCUT2D eigenvalue weighted by Crippen LogP contribution is 2.26. The summed E-state index contributed by atoms with van der Waals surface area (Å²) in [6, 6.07) is 17.8. The lowest BCUT2D eigenvalue weighted by molar-refractivity contribution is 0.311. The maximum Gasteiger partial charge on any atom is 0.123 e. The van der Waals surface area contributed by atoms with Gasteiger partial charge in [0.25, 0.3) is 0 Å². The van der Waals surface area contributed by atoms with E-state index in [0.717, 1.165) is 38.3 Å². The molecule has 4 heteroatoms. The molecule has 0 unspecified atom stereocenters. The molecule has 2 aromatic carbocycles. The highest BCUT2D eigenvalue weighted by Gasteiger charge is 2.19. The first-order valence-corrected chi connectivity index (χ1v) is 9.55. The fourth-order valence-electron chi connectivity index (χ4n) is 3.63. The molecule has 2 heterocycles. The molecule has 0 amide bonds. The summed E-state index contributed by atoms with van der Waals surface area (Å²) in [4.78, 5) is 4.79. The van der Waals surface area contributed by atoms with E-state index < -0.39 is 0 Å². The standard InChI is InChI=1S/C23H26FN3/c1-18-3-5-19(6-4-18)15-20-16-23(26-13-11-25(2)12-14-26)27(17-20)22-9-7-21(24)8-10-22/h3-10,16-17H,11-15H2,1-2H3. The molecule has 27 heavy (non-hydrogen) atoms. The molecule has 4 rings (SSSR count). The van der Waals surface area contributed by atoms with Crippen molar-refractivity contribution in [2.75, 3.05) is 38.1 Å². The molecule has 3 aromatic rings. The Labute approximate surface area is 160 Å². The molecular formula is C23H26FN3. The van der Waals surface area contributed by atoms with Crippen molar-refractivity contribution in [1.82, 2.24) is 9.47 Å². The maximum atomic E-state index is 13.4. The molecule has 0 saturated carbocycles. The Morgan fingerprint density at radius 2 is 1.52 bits per heavy atom. The third-order valence-electron chi connectivity index (χ3n) is 5.32. The fourth-order valence-corrected chi connectivity index (χ4v) is 3.63. The number of likely N-dealkylation sites (N-methyl/N-ethyl adjacent to an activating group) is 1. The number of rotatable bonds is 4. The molecule has 0 radical (unpaired) electrons. The lowest BCUT2D eigenvalue weighted by Crippen LogP contribution is -2.45. The highest BCUT2D eigenvalue weighted by atomic mass is 19.1. The summed E-state index contributed by atoms with van der Waals surface area (Å²) in [7, 11) is 2.17. The number of anilines is 1. The van der Waals surface area contributed by atoms with Gasteiger partial charge in [-0.3, -0.25) is 0 Å². The van der Waals surface area contributed by atoms with Crippen LogP contribution >= 0.6 is 0 Å². The van der Waals surface area contributed by atoms with Gasteiger partial charge in [0.05, 0.1) is 0 Å². The second-order valence-corrected chi connectivity index (χ2v) is 7.51. The van der Waals surface area contributed by atoms with Gasteiger partial charge in [-0.15, -0.1) is 0 Å². The van der Waals surface area contributed by atoms with E-state index in [1.54, 1.807) is 0 Å². The van der Waals surface area contributed by atoms with E-state index in [4.69, 9.17) is 0 Å². The molecule has 3 nitrogen and oxygen atoms in total. The van der Waals surface area contributed by atoms with Crippen LogP contribution in [0.1, 0.15) is 16.7 Å². The van der Waals surface area contributed by atoms with Crippen LogP contribution in [0.5, 0.6) is 0 Å². The number of aryl methyl sites for hydroxylation is 1. The van der Waals surface area contributed by atoms with Crippen molar-refractivity contribution in [2.45, 2.75) is 13.3 Å². The zero-order valence-corrected chi connectivity index (χ0v) is 16.0. The van der Waals surface area contributed by atoms with E-state index in [9.17, 15) is 4.39 Å². The lowest BCUT2D eigenvalue weighted by Gasteiger charge is -2.34. The summed E-state index contributed by atoms with van der Waals surface area (Å²) in [5.41, 5.74) is 4.86. The Hall–Kier alpha value is -2.59. The van der Waals surface area contributed by atoms with Crippen LogP contribution in [0, 0.1) is 12.7 Å². The van der Waals surface area contributed by atoms with E-state index in [-0.39, 0.29) is 5.82 Å². The second-order valence-electron chi connectivity index (χ2n) is 7.51. The van der Waals surface area contributed by atoms with Crippen molar-refractivity contribution in [2.24, 2.45) is 0 Å². The summed E-state index contributed by atoms with van der Waals surface area (Å²) in [5.74, 6) is 0.990. The van der Waals surface area contributed by atoms with Crippen molar-refractivity contribution in [1.29, 1.82) is 0 Å². The van der Waals surface area contributed by atoms with Crippen molar-refractivity contribution >= 4 is 5.82 Å². The Morgan fingerprint density at radius 3 is 2.19 bits per heavy atom. The van der Waals surface area contributed by atoms with Crippen LogP contribution in [0.4, 0.5) is 10.2 Å². The highest BCUT2D eigenvalue weighted by molar-refractivity contribution is 5.53. The number of hydrogen-bond donors (Lipinski definition) is 0. The molecule has 0 atom stereocenters. The van der Waals surface area contributed by atoms with Gasteiger partial charge < -0.3 is 14.4 Å². The first-order chi connectivity index (χ1) is 13.1. The predicted molar refractivity (Wildman–Crippen MR) is 109 cm³/mol. The molecule has 0 aliphatic carbocycles. The Kier molecular flexibility index (Phi) is 4.99. The summed E-state index contributed by atoms with van der Waals surface area (Å²) >= 11 is 0. The zero-order chi connectivity index (χ0) is 18.8. The maximum absolute atomic E-state index is 13.4. The average molecular weight is 363 g/mol. The van der Waals surface area contributed by atoms with Crippen LogP contribution in [-0.2, 0) is 6.42 Å². The molecular weight excluding hydrogens is 337 g/mol. The van der Waals surface area contributed by atoms with Crippen LogP contribution in [0.2, 0.25) is 0 Å². The first-order valence-electron chi connectivity index (χ1n) is 9.55.